The molecule has 1 aromatic rings. The third kappa shape index (κ3) is 3.46. The van der Waals surface area contributed by atoms with E-state index in [4.69, 9.17) is 0 Å². The molecule has 1 aromatic carbocycles. The van der Waals surface area contributed by atoms with Crippen molar-refractivity contribution < 1.29 is 9.18 Å². The Kier molecular flexibility index (Phi) is 4.38. The van der Waals surface area contributed by atoms with Crippen molar-refractivity contribution in [1.29, 1.82) is 0 Å². The molecule has 1 N–H and O–H groups in total. The van der Waals surface area contributed by atoms with E-state index in [1.165, 1.54) is 44.6 Å². The van der Waals surface area contributed by atoms with Crippen LogP contribution in [0.15, 0.2) is 24.3 Å². The molecule has 0 atom stereocenters. The molecule has 27 heavy (non-hydrogen) atoms. The molecule has 4 nitrogen and oxygen atoms in total. The fraction of sp³-hybridized carbons (Fsp3) is 0.682. The second-order valence-corrected chi connectivity index (χ2v) is 9.46. The number of carbonyl (C=O) groups excluding carboxylic acids is 1. The summed E-state index contributed by atoms with van der Waals surface area (Å²) in [5.74, 6) is 2.57. The van der Waals surface area contributed by atoms with Crippen LogP contribution in [-0.4, -0.2) is 49.1 Å². The van der Waals surface area contributed by atoms with Gasteiger partial charge in [-0.3, -0.25) is 9.69 Å². The van der Waals surface area contributed by atoms with Gasteiger partial charge in [-0.05, 0) is 68.4 Å². The summed E-state index contributed by atoms with van der Waals surface area (Å²) < 4.78 is 14.0. The van der Waals surface area contributed by atoms with Gasteiger partial charge in [0.05, 0.1) is 12.2 Å². The quantitative estimate of drug-likeness (QED) is 0.884. The molecule has 0 spiro atoms. The zero-order chi connectivity index (χ0) is 18.4. The van der Waals surface area contributed by atoms with E-state index in [1.807, 2.05) is 12.1 Å². The van der Waals surface area contributed by atoms with Crippen molar-refractivity contribution in [2.75, 3.05) is 37.6 Å². The lowest BCUT2D eigenvalue weighted by Gasteiger charge is -2.57. The minimum absolute atomic E-state index is 0.0980. The Labute approximate surface area is 161 Å². The molecule has 1 heterocycles. The van der Waals surface area contributed by atoms with Crippen LogP contribution in [0.4, 0.5) is 10.1 Å². The van der Waals surface area contributed by atoms with E-state index in [-0.39, 0.29) is 17.3 Å². The molecular formula is C22H30FN3O. The number of hydrogen-bond donors (Lipinski definition) is 1. The van der Waals surface area contributed by atoms with Crippen molar-refractivity contribution in [3.63, 3.8) is 0 Å². The smallest absolute Gasteiger partial charge is 0.234 e. The van der Waals surface area contributed by atoms with Crippen LogP contribution in [0.2, 0.25) is 0 Å². The molecule has 0 unspecified atom stereocenters. The van der Waals surface area contributed by atoms with E-state index < -0.39 is 0 Å². The Balaban J connectivity index is 1.14. The van der Waals surface area contributed by atoms with Gasteiger partial charge in [0.2, 0.25) is 5.91 Å². The zero-order valence-electron chi connectivity index (χ0n) is 16.0. The van der Waals surface area contributed by atoms with Crippen molar-refractivity contribution >= 4 is 11.6 Å². The standard InChI is InChI=1S/C22H30FN3O/c23-19-3-1-2-4-20(19)26-7-5-25(6-8-26)15-21(27)24-22-12-16-9-17(13-22)11-18(10-16)14-22/h1-4,16-18H,5-15H2,(H,24,27). The highest BCUT2D eigenvalue weighted by Crippen LogP contribution is 2.55. The van der Waals surface area contributed by atoms with Crippen LogP contribution < -0.4 is 10.2 Å². The lowest BCUT2D eigenvalue weighted by atomic mass is 9.53. The van der Waals surface area contributed by atoms with Gasteiger partial charge in [0, 0.05) is 31.7 Å². The monoisotopic (exact) mass is 371 g/mol. The Morgan fingerprint density at radius 2 is 1.59 bits per heavy atom. The number of rotatable bonds is 4. The lowest BCUT2D eigenvalue weighted by molar-refractivity contribution is -0.128. The van der Waals surface area contributed by atoms with E-state index in [0.717, 1.165) is 43.9 Å². The summed E-state index contributed by atoms with van der Waals surface area (Å²) in [5, 5.41) is 3.47. The zero-order valence-corrected chi connectivity index (χ0v) is 16.0. The third-order valence-corrected chi connectivity index (χ3v) is 7.38. The van der Waals surface area contributed by atoms with E-state index in [1.54, 1.807) is 6.07 Å². The molecule has 0 radical (unpaired) electrons. The van der Waals surface area contributed by atoms with E-state index >= 15 is 0 Å². The van der Waals surface area contributed by atoms with Crippen LogP contribution in [0.1, 0.15) is 38.5 Å². The molecule has 5 heteroatoms. The predicted octanol–water partition coefficient (Wildman–Crippen LogP) is 3.03. The first-order valence-corrected chi connectivity index (χ1v) is 10.6. The maximum absolute atomic E-state index is 14.0. The number of anilines is 1. The highest BCUT2D eigenvalue weighted by atomic mass is 19.1. The molecule has 1 amide bonds. The molecule has 4 aliphatic carbocycles. The Morgan fingerprint density at radius 3 is 2.19 bits per heavy atom. The van der Waals surface area contributed by atoms with Crippen LogP contribution in [0.3, 0.4) is 0 Å². The van der Waals surface area contributed by atoms with Crippen molar-refractivity contribution in [3.05, 3.63) is 30.1 Å². The Bertz CT molecular complexity index is 678. The molecule has 146 valence electrons. The van der Waals surface area contributed by atoms with Gasteiger partial charge in [0.15, 0.2) is 0 Å². The van der Waals surface area contributed by atoms with Gasteiger partial charge in [-0.15, -0.1) is 0 Å². The third-order valence-electron chi connectivity index (χ3n) is 7.38. The molecule has 5 aliphatic rings. The maximum Gasteiger partial charge on any atom is 0.234 e. The number of nitrogens with zero attached hydrogens (tertiary/aromatic N) is 2. The van der Waals surface area contributed by atoms with Crippen LogP contribution in [0, 0.1) is 23.6 Å². The molecule has 4 bridgehead atoms. The van der Waals surface area contributed by atoms with Gasteiger partial charge in [-0.25, -0.2) is 4.39 Å². The summed E-state index contributed by atoms with van der Waals surface area (Å²) in [6.45, 7) is 3.63. The first-order chi connectivity index (χ1) is 13.1. The van der Waals surface area contributed by atoms with Crippen LogP contribution in [0.25, 0.3) is 0 Å². The average molecular weight is 372 g/mol. The molecule has 6 rings (SSSR count). The van der Waals surface area contributed by atoms with Gasteiger partial charge in [0.1, 0.15) is 5.82 Å². The van der Waals surface area contributed by atoms with Crippen molar-refractivity contribution in [3.8, 4) is 0 Å². The number of piperazine rings is 1. The fourth-order valence-electron chi connectivity index (χ4n) is 6.66. The van der Waals surface area contributed by atoms with Gasteiger partial charge in [-0.1, -0.05) is 12.1 Å². The van der Waals surface area contributed by atoms with E-state index in [0.29, 0.717) is 12.2 Å². The number of nitrogens with one attached hydrogen (secondary N) is 1. The van der Waals surface area contributed by atoms with E-state index in [2.05, 4.69) is 15.1 Å². The molecule has 5 fully saturated rings. The van der Waals surface area contributed by atoms with Crippen molar-refractivity contribution in [2.45, 2.75) is 44.1 Å². The molecule has 1 saturated heterocycles. The lowest BCUT2D eigenvalue weighted by Crippen LogP contribution is -2.61. The topological polar surface area (TPSA) is 35.6 Å². The predicted molar refractivity (Wildman–Crippen MR) is 104 cm³/mol. The highest BCUT2D eigenvalue weighted by molar-refractivity contribution is 5.79. The van der Waals surface area contributed by atoms with Crippen molar-refractivity contribution in [1.82, 2.24) is 10.2 Å². The summed E-state index contributed by atoms with van der Waals surface area (Å²) in [4.78, 5) is 17.1. The summed E-state index contributed by atoms with van der Waals surface area (Å²) in [6.07, 6.45) is 7.79. The summed E-state index contributed by atoms with van der Waals surface area (Å²) in [6, 6.07) is 6.96. The van der Waals surface area contributed by atoms with Crippen LogP contribution in [-0.2, 0) is 4.79 Å². The average Bonchev–Trinajstić information content (AvgIpc) is 2.61. The van der Waals surface area contributed by atoms with Gasteiger partial charge in [-0.2, -0.15) is 0 Å². The number of hydrogen-bond acceptors (Lipinski definition) is 3. The SMILES string of the molecule is O=C(CN1CCN(c2ccccc2F)CC1)NC12CC3CC(CC(C3)C1)C2. The number of carbonyl (C=O) groups is 1. The summed E-state index contributed by atoms with van der Waals surface area (Å²) in [5.41, 5.74) is 0.774. The summed E-state index contributed by atoms with van der Waals surface area (Å²) >= 11 is 0. The van der Waals surface area contributed by atoms with Gasteiger partial charge in [0.25, 0.3) is 0 Å². The number of para-hydroxylation sites is 1. The second-order valence-electron chi connectivity index (χ2n) is 9.46. The minimum atomic E-state index is -0.162. The second kappa shape index (κ2) is 6.77. The number of amides is 1. The normalized spacial score (nSPS) is 35.4. The first kappa shape index (κ1) is 17.5. The first-order valence-electron chi connectivity index (χ1n) is 10.6. The molecule has 1 aliphatic heterocycles. The van der Waals surface area contributed by atoms with Crippen LogP contribution >= 0.6 is 0 Å². The van der Waals surface area contributed by atoms with Crippen LogP contribution in [0.5, 0.6) is 0 Å². The highest BCUT2D eigenvalue weighted by Gasteiger charge is 2.51. The molecule has 0 aromatic heterocycles. The van der Waals surface area contributed by atoms with Gasteiger partial charge >= 0.3 is 0 Å². The summed E-state index contributed by atoms with van der Waals surface area (Å²) in [7, 11) is 0. The number of halogens is 1. The Morgan fingerprint density at radius 1 is 1.00 bits per heavy atom. The van der Waals surface area contributed by atoms with E-state index in [9.17, 15) is 9.18 Å². The van der Waals surface area contributed by atoms with Crippen molar-refractivity contribution in [2.24, 2.45) is 17.8 Å². The molecule has 4 saturated carbocycles. The fourth-order valence-corrected chi connectivity index (χ4v) is 6.66. The maximum atomic E-state index is 14.0. The molecular weight excluding hydrogens is 341 g/mol. The largest absolute Gasteiger partial charge is 0.367 e. The van der Waals surface area contributed by atoms with Gasteiger partial charge < -0.3 is 10.2 Å². The number of benzene rings is 1. The minimum Gasteiger partial charge on any atom is -0.367 e. The Hall–Kier alpha value is -1.62.